The van der Waals surface area contributed by atoms with Gasteiger partial charge in [0.1, 0.15) is 0 Å². The third-order valence-electron chi connectivity index (χ3n) is 3.81. The van der Waals surface area contributed by atoms with Crippen molar-refractivity contribution in [2.45, 2.75) is 31.9 Å². The molecule has 2 atom stereocenters. The molecule has 1 fully saturated rings. The maximum Gasteiger partial charge on any atom is 0.224 e. The van der Waals surface area contributed by atoms with Crippen molar-refractivity contribution in [2.24, 2.45) is 5.92 Å². The van der Waals surface area contributed by atoms with Gasteiger partial charge in [-0.25, -0.2) is 0 Å². The number of carbonyl (C=O) groups is 1. The van der Waals surface area contributed by atoms with Crippen LogP contribution >= 0.6 is 0 Å². The fourth-order valence-electron chi connectivity index (χ4n) is 2.61. The summed E-state index contributed by atoms with van der Waals surface area (Å²) < 4.78 is 10.3. The van der Waals surface area contributed by atoms with E-state index in [1.165, 1.54) is 0 Å². The van der Waals surface area contributed by atoms with E-state index >= 15 is 0 Å². The van der Waals surface area contributed by atoms with Gasteiger partial charge >= 0.3 is 0 Å². The minimum atomic E-state index is 0.0883. The standard InChI is InChI=1S/C16H23NO3/c1-19-10-13-5-3-4-12(8-13)9-16(18)17-15-7-6-14(15)11-20-2/h3-5,8,14-15H,6-7,9-11H2,1-2H3,(H,17,18)/t14-,15-/m1/s1. The molecular formula is C16H23NO3. The number of carbonyl (C=O) groups excluding carboxylic acids is 1. The zero-order chi connectivity index (χ0) is 14.4. The monoisotopic (exact) mass is 277 g/mol. The van der Waals surface area contributed by atoms with E-state index in [9.17, 15) is 4.79 Å². The Kier molecular flexibility index (Phi) is 5.56. The van der Waals surface area contributed by atoms with Crippen molar-refractivity contribution in [1.82, 2.24) is 5.32 Å². The summed E-state index contributed by atoms with van der Waals surface area (Å²) in [4.78, 5) is 12.1. The van der Waals surface area contributed by atoms with Gasteiger partial charge in [0.15, 0.2) is 0 Å². The van der Waals surface area contributed by atoms with E-state index in [0.29, 0.717) is 18.9 Å². The highest BCUT2D eigenvalue weighted by Crippen LogP contribution is 2.27. The summed E-state index contributed by atoms with van der Waals surface area (Å²) >= 11 is 0. The highest BCUT2D eigenvalue weighted by Gasteiger charge is 2.31. The number of ether oxygens (including phenoxy) is 2. The van der Waals surface area contributed by atoms with Crippen LogP contribution in [-0.2, 0) is 27.3 Å². The Morgan fingerprint density at radius 2 is 2.05 bits per heavy atom. The molecule has 1 aliphatic rings. The van der Waals surface area contributed by atoms with Gasteiger partial charge in [0.25, 0.3) is 0 Å². The molecule has 4 nitrogen and oxygen atoms in total. The van der Waals surface area contributed by atoms with Gasteiger partial charge in [-0.15, -0.1) is 0 Å². The van der Waals surface area contributed by atoms with Crippen molar-refractivity contribution < 1.29 is 14.3 Å². The Balaban J connectivity index is 1.83. The highest BCUT2D eigenvalue weighted by atomic mass is 16.5. The number of hydrogen-bond acceptors (Lipinski definition) is 3. The fourth-order valence-corrected chi connectivity index (χ4v) is 2.61. The first-order chi connectivity index (χ1) is 9.72. The molecule has 0 aliphatic heterocycles. The van der Waals surface area contributed by atoms with E-state index in [1.54, 1.807) is 14.2 Å². The van der Waals surface area contributed by atoms with Gasteiger partial charge in [-0.1, -0.05) is 24.3 Å². The average Bonchev–Trinajstić information content (AvgIpc) is 2.42. The van der Waals surface area contributed by atoms with Crippen molar-refractivity contribution in [1.29, 1.82) is 0 Å². The summed E-state index contributed by atoms with van der Waals surface area (Å²) in [6.45, 7) is 1.31. The molecule has 0 aromatic heterocycles. The van der Waals surface area contributed by atoms with Gasteiger partial charge in [-0.2, -0.15) is 0 Å². The van der Waals surface area contributed by atoms with E-state index in [1.807, 2.05) is 24.3 Å². The molecule has 0 spiro atoms. The van der Waals surface area contributed by atoms with Crippen molar-refractivity contribution in [3.63, 3.8) is 0 Å². The zero-order valence-electron chi connectivity index (χ0n) is 12.2. The smallest absolute Gasteiger partial charge is 0.224 e. The molecular weight excluding hydrogens is 254 g/mol. The van der Waals surface area contributed by atoms with Crippen LogP contribution in [0.3, 0.4) is 0 Å². The maximum absolute atomic E-state index is 12.1. The van der Waals surface area contributed by atoms with Crippen LogP contribution in [0.25, 0.3) is 0 Å². The van der Waals surface area contributed by atoms with Crippen LogP contribution in [0.5, 0.6) is 0 Å². The number of benzene rings is 1. The molecule has 0 saturated heterocycles. The molecule has 0 unspecified atom stereocenters. The van der Waals surface area contributed by atoms with E-state index < -0.39 is 0 Å². The predicted molar refractivity (Wildman–Crippen MR) is 77.4 cm³/mol. The Bertz CT molecular complexity index is 447. The number of nitrogens with one attached hydrogen (secondary N) is 1. The molecule has 0 bridgehead atoms. The van der Waals surface area contributed by atoms with Gasteiger partial charge in [0, 0.05) is 26.2 Å². The molecule has 1 aromatic carbocycles. The minimum absolute atomic E-state index is 0.0883. The molecule has 1 aromatic rings. The highest BCUT2D eigenvalue weighted by molar-refractivity contribution is 5.79. The fraction of sp³-hybridized carbons (Fsp3) is 0.562. The zero-order valence-corrected chi connectivity index (χ0v) is 12.2. The van der Waals surface area contributed by atoms with Crippen molar-refractivity contribution in [3.8, 4) is 0 Å². The maximum atomic E-state index is 12.1. The molecule has 20 heavy (non-hydrogen) atoms. The molecule has 1 N–H and O–H groups in total. The van der Waals surface area contributed by atoms with Crippen molar-refractivity contribution >= 4 is 5.91 Å². The van der Waals surface area contributed by atoms with E-state index in [4.69, 9.17) is 9.47 Å². The van der Waals surface area contributed by atoms with E-state index in [2.05, 4.69) is 5.32 Å². The van der Waals surface area contributed by atoms with Crippen LogP contribution < -0.4 is 5.32 Å². The van der Waals surface area contributed by atoms with Crippen molar-refractivity contribution in [3.05, 3.63) is 35.4 Å². The molecule has 1 saturated carbocycles. The van der Waals surface area contributed by atoms with Gasteiger partial charge in [-0.3, -0.25) is 4.79 Å². The summed E-state index contributed by atoms with van der Waals surface area (Å²) in [6, 6.07) is 8.26. The SMILES string of the molecule is COCc1cccc(CC(=O)N[C@@H]2CC[C@@H]2COC)c1. The van der Waals surface area contributed by atoms with Crippen LogP contribution in [0.2, 0.25) is 0 Å². The minimum Gasteiger partial charge on any atom is -0.384 e. The average molecular weight is 277 g/mol. The molecule has 1 amide bonds. The van der Waals surface area contributed by atoms with Crippen LogP contribution in [0.4, 0.5) is 0 Å². The van der Waals surface area contributed by atoms with Crippen LogP contribution in [-0.4, -0.2) is 32.8 Å². The number of rotatable bonds is 7. The second kappa shape index (κ2) is 7.41. The molecule has 1 aliphatic carbocycles. The van der Waals surface area contributed by atoms with Crippen LogP contribution in [0, 0.1) is 5.92 Å². The number of amides is 1. The van der Waals surface area contributed by atoms with E-state index in [0.717, 1.165) is 30.6 Å². The normalized spacial score (nSPS) is 21.3. The first kappa shape index (κ1) is 15.0. The lowest BCUT2D eigenvalue weighted by Gasteiger charge is -2.36. The Morgan fingerprint density at radius 1 is 1.25 bits per heavy atom. The molecule has 110 valence electrons. The van der Waals surface area contributed by atoms with Gasteiger partial charge in [0.05, 0.1) is 19.6 Å². The number of hydrogen-bond donors (Lipinski definition) is 1. The first-order valence-corrected chi connectivity index (χ1v) is 7.08. The molecule has 0 heterocycles. The Hall–Kier alpha value is -1.39. The van der Waals surface area contributed by atoms with Gasteiger partial charge in [0.2, 0.25) is 5.91 Å². The first-order valence-electron chi connectivity index (χ1n) is 7.08. The van der Waals surface area contributed by atoms with E-state index in [-0.39, 0.29) is 11.9 Å². The lowest BCUT2D eigenvalue weighted by molar-refractivity contribution is -0.122. The Morgan fingerprint density at radius 3 is 2.70 bits per heavy atom. The Labute approximate surface area is 120 Å². The topological polar surface area (TPSA) is 47.6 Å². The summed E-state index contributed by atoms with van der Waals surface area (Å²) in [5, 5.41) is 3.10. The second-order valence-electron chi connectivity index (χ2n) is 5.40. The summed E-state index contributed by atoms with van der Waals surface area (Å²) in [7, 11) is 3.38. The third kappa shape index (κ3) is 4.05. The second-order valence-corrected chi connectivity index (χ2v) is 5.40. The summed E-state index contributed by atoms with van der Waals surface area (Å²) in [5.74, 6) is 0.564. The molecule has 4 heteroatoms. The summed E-state index contributed by atoms with van der Waals surface area (Å²) in [6.07, 6.45) is 2.62. The third-order valence-corrected chi connectivity index (χ3v) is 3.81. The quantitative estimate of drug-likeness (QED) is 0.828. The van der Waals surface area contributed by atoms with Gasteiger partial charge < -0.3 is 14.8 Å². The van der Waals surface area contributed by atoms with Gasteiger partial charge in [-0.05, 0) is 24.0 Å². The molecule has 0 radical (unpaired) electrons. The largest absolute Gasteiger partial charge is 0.384 e. The van der Waals surface area contributed by atoms with Crippen LogP contribution in [0.15, 0.2) is 24.3 Å². The summed E-state index contributed by atoms with van der Waals surface area (Å²) in [5.41, 5.74) is 2.12. The lowest BCUT2D eigenvalue weighted by atomic mass is 9.80. The van der Waals surface area contributed by atoms with Crippen molar-refractivity contribution in [2.75, 3.05) is 20.8 Å². The predicted octanol–water partition coefficient (Wildman–Crippen LogP) is 1.92. The lowest BCUT2D eigenvalue weighted by Crippen LogP contribution is -2.48. The number of methoxy groups -OCH3 is 2. The molecule has 2 rings (SSSR count). The van der Waals surface area contributed by atoms with Crippen LogP contribution in [0.1, 0.15) is 24.0 Å².